The highest BCUT2D eigenvalue weighted by molar-refractivity contribution is 8.13. The highest BCUT2D eigenvalue weighted by Crippen LogP contribution is 2.23. The number of carbonyl (C=O) groups excluding carboxylic acids is 2. The smallest absolute Gasteiger partial charge is 0.282 e. The molecule has 1 fully saturated rings. The molecule has 1 aliphatic rings. The molecule has 3 nitrogen and oxygen atoms in total. The van der Waals surface area contributed by atoms with Gasteiger partial charge in [-0.1, -0.05) is 35.0 Å². The summed E-state index contributed by atoms with van der Waals surface area (Å²) in [6.07, 6.45) is 0. The van der Waals surface area contributed by atoms with E-state index in [9.17, 15) is 9.59 Å². The van der Waals surface area contributed by atoms with Gasteiger partial charge in [0.2, 0.25) is 0 Å². The second kappa shape index (κ2) is 5.29. The number of Topliss-reactive ketones (excluding diaryl/α,β-unsaturated/α-hetero) is 1. The van der Waals surface area contributed by atoms with Gasteiger partial charge in [0.25, 0.3) is 5.24 Å². The number of rotatable bonds is 3. The summed E-state index contributed by atoms with van der Waals surface area (Å²) in [7, 11) is 0. The van der Waals surface area contributed by atoms with Crippen LogP contribution in [0, 0.1) is 0 Å². The van der Waals surface area contributed by atoms with Crippen molar-refractivity contribution in [2.24, 2.45) is 0 Å². The second-order valence-corrected chi connectivity index (χ2v) is 5.47. The van der Waals surface area contributed by atoms with E-state index in [1.165, 1.54) is 22.7 Å². The summed E-state index contributed by atoms with van der Waals surface area (Å²) < 4.78 is 0. The van der Waals surface area contributed by atoms with Crippen LogP contribution in [-0.2, 0) is 0 Å². The largest absolute Gasteiger partial charge is 0.325 e. The second-order valence-electron chi connectivity index (χ2n) is 3.58. The molecule has 17 heavy (non-hydrogen) atoms. The predicted octanol–water partition coefficient (Wildman–Crippen LogP) is 3.34. The highest BCUT2D eigenvalue weighted by atomic mass is 35.5. The molecule has 0 unspecified atom stereocenters. The van der Waals surface area contributed by atoms with Gasteiger partial charge in [-0.05, 0) is 18.2 Å². The number of halogens is 2. The van der Waals surface area contributed by atoms with Gasteiger partial charge in [0, 0.05) is 22.9 Å². The van der Waals surface area contributed by atoms with Crippen LogP contribution in [0.5, 0.6) is 0 Å². The monoisotopic (exact) mass is 289 g/mol. The lowest BCUT2D eigenvalue weighted by Gasteiger charge is -2.13. The van der Waals surface area contributed by atoms with Crippen LogP contribution >= 0.6 is 35.0 Å². The summed E-state index contributed by atoms with van der Waals surface area (Å²) in [4.78, 5) is 24.8. The lowest BCUT2D eigenvalue weighted by molar-refractivity contribution is 0.0956. The fraction of sp³-hybridized carbons (Fsp3) is 0.273. The van der Waals surface area contributed by atoms with Crippen molar-refractivity contribution in [2.45, 2.75) is 0 Å². The van der Waals surface area contributed by atoms with Crippen LogP contribution in [0.25, 0.3) is 0 Å². The number of ketones is 1. The standard InChI is InChI=1S/C11H9Cl2NO2S/c12-7-1-2-8(9(13)5-7)10(15)6-14-3-4-17-11(14)16/h1-2,5H,3-4,6H2. The Kier molecular flexibility index (Phi) is 3.97. The molecule has 1 heterocycles. The number of benzene rings is 1. The van der Waals surface area contributed by atoms with Gasteiger partial charge < -0.3 is 4.90 Å². The van der Waals surface area contributed by atoms with Gasteiger partial charge in [0.1, 0.15) is 0 Å². The molecule has 2 rings (SSSR count). The van der Waals surface area contributed by atoms with Crippen molar-refractivity contribution in [1.82, 2.24) is 4.90 Å². The Morgan fingerprint density at radius 3 is 2.76 bits per heavy atom. The van der Waals surface area contributed by atoms with Crippen LogP contribution in [0.3, 0.4) is 0 Å². The van der Waals surface area contributed by atoms with E-state index in [-0.39, 0.29) is 17.6 Å². The average molecular weight is 290 g/mol. The molecule has 1 aromatic rings. The van der Waals surface area contributed by atoms with E-state index in [0.717, 1.165) is 5.75 Å². The summed E-state index contributed by atoms with van der Waals surface area (Å²) in [5, 5.41) is 0.754. The molecule has 1 saturated heterocycles. The maximum atomic E-state index is 11.9. The van der Waals surface area contributed by atoms with Gasteiger partial charge in [0.05, 0.1) is 11.6 Å². The Morgan fingerprint density at radius 2 is 2.18 bits per heavy atom. The summed E-state index contributed by atoms with van der Waals surface area (Å²) in [6.45, 7) is 0.688. The lowest BCUT2D eigenvalue weighted by Crippen LogP contribution is -2.29. The van der Waals surface area contributed by atoms with Gasteiger partial charge in [-0.25, -0.2) is 0 Å². The zero-order chi connectivity index (χ0) is 12.4. The summed E-state index contributed by atoms with van der Waals surface area (Å²) in [5.41, 5.74) is 0.403. The van der Waals surface area contributed by atoms with Crippen molar-refractivity contribution >= 4 is 46.0 Å². The maximum Gasteiger partial charge on any atom is 0.282 e. The number of carbonyl (C=O) groups is 2. The van der Waals surface area contributed by atoms with Crippen molar-refractivity contribution in [2.75, 3.05) is 18.8 Å². The fourth-order valence-electron chi connectivity index (χ4n) is 1.54. The molecule has 6 heteroatoms. The first kappa shape index (κ1) is 12.7. The molecule has 0 bridgehead atoms. The van der Waals surface area contributed by atoms with E-state index in [1.807, 2.05) is 0 Å². The number of amides is 1. The minimum absolute atomic E-state index is 0.0524. The van der Waals surface area contributed by atoms with Crippen molar-refractivity contribution in [3.8, 4) is 0 Å². The molecular formula is C11H9Cl2NO2S. The van der Waals surface area contributed by atoms with Crippen LogP contribution in [0.2, 0.25) is 10.0 Å². The molecule has 0 N–H and O–H groups in total. The average Bonchev–Trinajstić information content (AvgIpc) is 2.64. The van der Waals surface area contributed by atoms with Crippen molar-refractivity contribution in [3.05, 3.63) is 33.8 Å². The minimum atomic E-state index is -0.164. The third-order valence-corrected chi connectivity index (χ3v) is 3.85. The third-order valence-electron chi connectivity index (χ3n) is 2.41. The first-order valence-electron chi connectivity index (χ1n) is 4.98. The summed E-state index contributed by atoms with van der Waals surface area (Å²) in [6, 6.07) is 4.72. The number of nitrogens with zero attached hydrogens (tertiary/aromatic N) is 1. The van der Waals surface area contributed by atoms with Gasteiger partial charge >= 0.3 is 0 Å². The zero-order valence-electron chi connectivity index (χ0n) is 8.78. The predicted molar refractivity (Wildman–Crippen MR) is 70.2 cm³/mol. The van der Waals surface area contributed by atoms with Crippen molar-refractivity contribution in [3.63, 3.8) is 0 Å². The first-order chi connectivity index (χ1) is 8.08. The van der Waals surface area contributed by atoms with Crippen LogP contribution in [0.1, 0.15) is 10.4 Å². The van der Waals surface area contributed by atoms with E-state index in [0.29, 0.717) is 22.2 Å². The van der Waals surface area contributed by atoms with Crippen LogP contribution in [0.15, 0.2) is 18.2 Å². The Morgan fingerprint density at radius 1 is 1.41 bits per heavy atom. The zero-order valence-corrected chi connectivity index (χ0v) is 11.1. The SMILES string of the molecule is O=C(CN1CCSC1=O)c1ccc(Cl)cc1Cl. The molecule has 1 aliphatic heterocycles. The van der Waals surface area contributed by atoms with Gasteiger partial charge in [0.15, 0.2) is 5.78 Å². The highest BCUT2D eigenvalue weighted by Gasteiger charge is 2.24. The van der Waals surface area contributed by atoms with E-state index in [2.05, 4.69) is 0 Å². The Labute approximate surface area is 113 Å². The van der Waals surface area contributed by atoms with Gasteiger partial charge in [-0.2, -0.15) is 0 Å². The molecule has 0 aliphatic carbocycles. The topological polar surface area (TPSA) is 37.4 Å². The normalized spacial score (nSPS) is 15.4. The van der Waals surface area contributed by atoms with E-state index >= 15 is 0 Å². The lowest BCUT2D eigenvalue weighted by atomic mass is 10.1. The number of hydrogen-bond donors (Lipinski definition) is 0. The molecule has 0 aromatic heterocycles. The van der Waals surface area contributed by atoms with E-state index in [4.69, 9.17) is 23.2 Å². The van der Waals surface area contributed by atoms with E-state index < -0.39 is 0 Å². The van der Waals surface area contributed by atoms with Crippen LogP contribution < -0.4 is 0 Å². The van der Waals surface area contributed by atoms with E-state index in [1.54, 1.807) is 12.1 Å². The van der Waals surface area contributed by atoms with Crippen LogP contribution in [-0.4, -0.2) is 34.8 Å². The summed E-state index contributed by atoms with van der Waals surface area (Å²) in [5.74, 6) is 0.572. The third kappa shape index (κ3) is 2.94. The first-order valence-corrected chi connectivity index (χ1v) is 6.72. The molecule has 90 valence electrons. The molecule has 1 aromatic carbocycles. The quantitative estimate of drug-likeness (QED) is 0.801. The number of hydrogen-bond acceptors (Lipinski definition) is 3. The molecule has 0 saturated carbocycles. The molecular weight excluding hydrogens is 281 g/mol. The Bertz CT molecular complexity index is 479. The maximum absolute atomic E-state index is 11.9. The number of thioether (sulfide) groups is 1. The minimum Gasteiger partial charge on any atom is -0.325 e. The molecule has 0 spiro atoms. The van der Waals surface area contributed by atoms with Crippen molar-refractivity contribution in [1.29, 1.82) is 0 Å². The Hall–Kier alpha value is -0.710. The Balaban J connectivity index is 2.11. The summed E-state index contributed by atoms with van der Waals surface area (Å²) >= 11 is 12.9. The van der Waals surface area contributed by atoms with Gasteiger partial charge in [-0.15, -0.1) is 0 Å². The van der Waals surface area contributed by atoms with Gasteiger partial charge in [-0.3, -0.25) is 9.59 Å². The van der Waals surface area contributed by atoms with Crippen molar-refractivity contribution < 1.29 is 9.59 Å². The fourth-order valence-corrected chi connectivity index (χ4v) is 2.88. The van der Waals surface area contributed by atoms with Crippen LogP contribution in [0.4, 0.5) is 4.79 Å². The molecule has 0 atom stereocenters. The molecule has 0 radical (unpaired) electrons. The molecule has 1 amide bonds.